The Kier molecular flexibility index (Phi) is 4.46. The van der Waals surface area contributed by atoms with Gasteiger partial charge in [0.2, 0.25) is 5.92 Å². The highest BCUT2D eigenvalue weighted by molar-refractivity contribution is 5.05. The third kappa shape index (κ3) is 3.27. The Bertz CT molecular complexity index is 397. The highest BCUT2D eigenvalue weighted by Gasteiger charge is 2.38. The number of nitrogens with zero attached hydrogens (tertiary/aromatic N) is 3. The molecule has 1 heterocycles. The van der Waals surface area contributed by atoms with Crippen molar-refractivity contribution in [2.24, 2.45) is 11.8 Å². The molecule has 3 N–H and O–H groups in total. The molecule has 0 amide bonds. The van der Waals surface area contributed by atoms with Crippen LogP contribution in [-0.4, -0.2) is 20.9 Å². The van der Waals surface area contributed by atoms with Gasteiger partial charge in [0.25, 0.3) is 0 Å². The second-order valence-electron chi connectivity index (χ2n) is 5.22. The van der Waals surface area contributed by atoms with Gasteiger partial charge in [-0.2, -0.15) is 0 Å². The number of rotatable bonds is 5. The van der Waals surface area contributed by atoms with Crippen LogP contribution in [0.15, 0.2) is 6.20 Å². The highest BCUT2D eigenvalue weighted by Crippen LogP contribution is 2.40. The first-order valence-electron chi connectivity index (χ1n) is 6.79. The number of halogens is 2. The highest BCUT2D eigenvalue weighted by atomic mass is 19.3. The zero-order valence-electron chi connectivity index (χ0n) is 11.1. The molecule has 0 spiro atoms. The van der Waals surface area contributed by atoms with Crippen molar-refractivity contribution in [3.05, 3.63) is 11.9 Å². The lowest BCUT2D eigenvalue weighted by atomic mass is 9.81. The van der Waals surface area contributed by atoms with Gasteiger partial charge in [-0.15, -0.1) is 5.10 Å². The Morgan fingerprint density at radius 3 is 2.79 bits per heavy atom. The standard InChI is InChI=1S/C12H21F2N5/c1-2-7-19-10(8-16-18-19)11(17-15)9-3-5-12(13,14)6-4-9/h8-9,11,17H,2-7,15H2,1H3. The molecule has 2 rings (SSSR count). The van der Waals surface area contributed by atoms with Crippen LogP contribution in [0, 0.1) is 5.92 Å². The van der Waals surface area contributed by atoms with Crippen LogP contribution < -0.4 is 11.3 Å². The molecule has 0 radical (unpaired) electrons. The van der Waals surface area contributed by atoms with Crippen molar-refractivity contribution in [2.75, 3.05) is 0 Å². The van der Waals surface area contributed by atoms with E-state index in [2.05, 4.69) is 22.7 Å². The third-order valence-electron chi connectivity index (χ3n) is 3.81. The van der Waals surface area contributed by atoms with E-state index in [9.17, 15) is 8.78 Å². The van der Waals surface area contributed by atoms with Crippen LogP contribution in [0.25, 0.3) is 0 Å². The van der Waals surface area contributed by atoms with Crippen molar-refractivity contribution < 1.29 is 8.78 Å². The summed E-state index contributed by atoms with van der Waals surface area (Å²) < 4.78 is 28.2. The molecule has 19 heavy (non-hydrogen) atoms. The van der Waals surface area contributed by atoms with Gasteiger partial charge in [0.05, 0.1) is 17.9 Å². The summed E-state index contributed by atoms with van der Waals surface area (Å²) in [6.45, 7) is 2.81. The van der Waals surface area contributed by atoms with Gasteiger partial charge in [0.1, 0.15) is 0 Å². The number of nitrogens with one attached hydrogen (secondary N) is 1. The lowest BCUT2D eigenvalue weighted by molar-refractivity contribution is -0.0501. The quantitative estimate of drug-likeness (QED) is 0.636. The van der Waals surface area contributed by atoms with E-state index < -0.39 is 5.92 Å². The summed E-state index contributed by atoms with van der Waals surface area (Å²) in [6, 6.07) is -0.155. The number of hydrogen-bond acceptors (Lipinski definition) is 4. The minimum absolute atomic E-state index is 0.0643. The van der Waals surface area contributed by atoms with Crippen LogP contribution in [0.3, 0.4) is 0 Å². The van der Waals surface area contributed by atoms with E-state index in [1.165, 1.54) is 0 Å². The molecule has 1 aromatic rings. The zero-order chi connectivity index (χ0) is 13.9. The average molecular weight is 273 g/mol. The summed E-state index contributed by atoms with van der Waals surface area (Å²) in [7, 11) is 0. The van der Waals surface area contributed by atoms with Gasteiger partial charge in [0.15, 0.2) is 0 Å². The Labute approximate surface area is 111 Å². The minimum Gasteiger partial charge on any atom is -0.271 e. The van der Waals surface area contributed by atoms with Crippen molar-refractivity contribution in [2.45, 2.75) is 57.5 Å². The van der Waals surface area contributed by atoms with Gasteiger partial charge >= 0.3 is 0 Å². The molecule has 0 saturated heterocycles. The number of aromatic nitrogens is 3. The van der Waals surface area contributed by atoms with Crippen LogP contribution in [0.5, 0.6) is 0 Å². The molecular weight excluding hydrogens is 252 g/mol. The topological polar surface area (TPSA) is 68.8 Å². The fourth-order valence-corrected chi connectivity index (χ4v) is 2.75. The van der Waals surface area contributed by atoms with Gasteiger partial charge < -0.3 is 0 Å². The molecule has 1 fully saturated rings. The second kappa shape index (κ2) is 5.92. The first kappa shape index (κ1) is 14.3. The molecule has 0 aromatic carbocycles. The molecule has 108 valence electrons. The Morgan fingerprint density at radius 1 is 1.53 bits per heavy atom. The molecule has 7 heteroatoms. The smallest absolute Gasteiger partial charge is 0.248 e. The normalized spacial score (nSPS) is 21.5. The number of alkyl halides is 2. The maximum atomic E-state index is 13.2. The summed E-state index contributed by atoms with van der Waals surface area (Å²) in [5.41, 5.74) is 3.64. The van der Waals surface area contributed by atoms with E-state index in [1.807, 2.05) is 0 Å². The van der Waals surface area contributed by atoms with Gasteiger partial charge in [0, 0.05) is 19.4 Å². The molecule has 1 aliphatic carbocycles. The van der Waals surface area contributed by atoms with E-state index in [4.69, 9.17) is 5.84 Å². The molecule has 1 aromatic heterocycles. The first-order valence-corrected chi connectivity index (χ1v) is 6.79. The lowest BCUT2D eigenvalue weighted by Gasteiger charge is -2.33. The Balaban J connectivity index is 2.09. The lowest BCUT2D eigenvalue weighted by Crippen LogP contribution is -2.38. The fourth-order valence-electron chi connectivity index (χ4n) is 2.75. The van der Waals surface area contributed by atoms with Gasteiger partial charge in [-0.3, -0.25) is 11.3 Å². The maximum absolute atomic E-state index is 13.2. The van der Waals surface area contributed by atoms with Gasteiger partial charge in [-0.05, 0) is 25.2 Å². The number of hydrogen-bond donors (Lipinski definition) is 2. The average Bonchev–Trinajstić information content (AvgIpc) is 2.81. The maximum Gasteiger partial charge on any atom is 0.248 e. The van der Waals surface area contributed by atoms with Crippen LogP contribution in [0.4, 0.5) is 8.78 Å². The molecule has 1 atom stereocenters. The molecule has 1 saturated carbocycles. The second-order valence-corrected chi connectivity index (χ2v) is 5.22. The minimum atomic E-state index is -2.52. The predicted octanol–water partition coefficient (Wildman–Crippen LogP) is 2.02. The number of hydrazine groups is 1. The Hall–Kier alpha value is -1.08. The molecular formula is C12H21F2N5. The SMILES string of the molecule is CCCn1nncc1C(NN)C1CCC(F)(F)CC1. The third-order valence-corrected chi connectivity index (χ3v) is 3.81. The van der Waals surface area contributed by atoms with E-state index in [0.29, 0.717) is 12.8 Å². The number of nitrogens with two attached hydrogens (primary N) is 1. The summed E-state index contributed by atoms with van der Waals surface area (Å²) in [5.74, 6) is 3.21. The monoisotopic (exact) mass is 273 g/mol. The van der Waals surface area contributed by atoms with Crippen molar-refractivity contribution in [3.63, 3.8) is 0 Å². The van der Waals surface area contributed by atoms with E-state index in [0.717, 1.165) is 18.7 Å². The first-order chi connectivity index (χ1) is 9.07. The molecule has 0 aliphatic heterocycles. The van der Waals surface area contributed by atoms with Crippen LogP contribution in [-0.2, 0) is 6.54 Å². The molecule has 1 unspecified atom stereocenters. The summed E-state index contributed by atoms with van der Waals surface area (Å²) in [5, 5.41) is 7.92. The fraction of sp³-hybridized carbons (Fsp3) is 0.833. The molecule has 0 bridgehead atoms. The van der Waals surface area contributed by atoms with Crippen LogP contribution in [0.2, 0.25) is 0 Å². The van der Waals surface area contributed by atoms with Crippen molar-refractivity contribution in [1.82, 2.24) is 20.4 Å². The van der Waals surface area contributed by atoms with E-state index in [1.54, 1.807) is 10.9 Å². The summed E-state index contributed by atoms with van der Waals surface area (Å²) in [6.07, 6.45) is 3.43. The van der Waals surface area contributed by atoms with Gasteiger partial charge in [-0.1, -0.05) is 12.1 Å². The molecule has 5 nitrogen and oxygen atoms in total. The predicted molar refractivity (Wildman–Crippen MR) is 67.3 cm³/mol. The Morgan fingerprint density at radius 2 is 2.21 bits per heavy atom. The number of aryl methyl sites for hydroxylation is 1. The summed E-state index contributed by atoms with van der Waals surface area (Å²) in [4.78, 5) is 0. The zero-order valence-corrected chi connectivity index (χ0v) is 11.1. The molecule has 1 aliphatic rings. The van der Waals surface area contributed by atoms with Crippen molar-refractivity contribution in [1.29, 1.82) is 0 Å². The van der Waals surface area contributed by atoms with Crippen LogP contribution >= 0.6 is 0 Å². The van der Waals surface area contributed by atoms with E-state index in [-0.39, 0.29) is 24.8 Å². The van der Waals surface area contributed by atoms with Crippen molar-refractivity contribution in [3.8, 4) is 0 Å². The van der Waals surface area contributed by atoms with E-state index >= 15 is 0 Å². The largest absolute Gasteiger partial charge is 0.271 e. The summed E-state index contributed by atoms with van der Waals surface area (Å²) >= 11 is 0. The van der Waals surface area contributed by atoms with Crippen LogP contribution in [0.1, 0.15) is 50.8 Å². The van der Waals surface area contributed by atoms with Crippen molar-refractivity contribution >= 4 is 0 Å². The van der Waals surface area contributed by atoms with Gasteiger partial charge in [-0.25, -0.2) is 13.5 Å².